The third-order valence-corrected chi connectivity index (χ3v) is 4.73. The molecule has 1 fully saturated rings. The van der Waals surface area contributed by atoms with Crippen LogP contribution in [-0.2, 0) is 6.18 Å². The second-order valence-electron chi connectivity index (χ2n) is 7.57. The number of nitrogens with zero attached hydrogens (tertiary/aromatic N) is 3. The number of hydrogen-bond donors (Lipinski definition) is 4. The van der Waals surface area contributed by atoms with Crippen molar-refractivity contribution in [3.63, 3.8) is 0 Å². The zero-order valence-corrected chi connectivity index (χ0v) is 17.3. The van der Waals surface area contributed by atoms with Gasteiger partial charge < -0.3 is 21.4 Å². The highest BCUT2D eigenvalue weighted by atomic mass is 19.4. The van der Waals surface area contributed by atoms with Crippen molar-refractivity contribution in [3.05, 3.63) is 40.4 Å². The van der Waals surface area contributed by atoms with Crippen LogP contribution in [0.4, 0.5) is 36.3 Å². The Bertz CT molecular complexity index is 958. The lowest BCUT2D eigenvalue weighted by Crippen LogP contribution is -2.24. The van der Waals surface area contributed by atoms with E-state index in [-0.39, 0.29) is 30.4 Å². The summed E-state index contributed by atoms with van der Waals surface area (Å²) in [7, 11) is 0. The quantitative estimate of drug-likeness (QED) is 0.325. The lowest BCUT2D eigenvalue weighted by molar-refractivity contribution is -0.575. The molecule has 0 spiro atoms. The van der Waals surface area contributed by atoms with Gasteiger partial charge in [-0.1, -0.05) is 6.07 Å². The van der Waals surface area contributed by atoms with Crippen LogP contribution in [0, 0.1) is 10.3 Å². The van der Waals surface area contributed by atoms with Gasteiger partial charge in [-0.25, -0.2) is 4.98 Å². The molecule has 3 rings (SSSR count). The monoisotopic (exact) mass is 436 g/mol. The molecule has 2 aromatic rings. The van der Waals surface area contributed by atoms with Crippen molar-refractivity contribution in [1.82, 2.24) is 9.97 Å². The van der Waals surface area contributed by atoms with E-state index in [1.54, 1.807) is 32.0 Å². The number of nitrogens with one attached hydrogen (secondary N) is 4. The first-order valence-corrected chi connectivity index (χ1v) is 9.98. The molecule has 1 aliphatic rings. The molecule has 166 valence electrons. The molecule has 1 aliphatic carbocycles. The molecule has 0 amide bonds. The summed E-state index contributed by atoms with van der Waals surface area (Å²) in [6.45, 7) is 4.25. The molecule has 0 unspecified atom stereocenters. The Hall–Kier alpha value is -3.24. The van der Waals surface area contributed by atoms with Crippen LogP contribution in [0.25, 0.3) is 0 Å². The van der Waals surface area contributed by atoms with E-state index in [2.05, 4.69) is 25.9 Å². The molecule has 1 heterocycles. The van der Waals surface area contributed by atoms with Gasteiger partial charge in [-0.15, -0.1) is 0 Å². The molecule has 0 radical (unpaired) electrons. The molecule has 8 nitrogen and oxygen atoms in total. The predicted molar refractivity (Wildman–Crippen MR) is 113 cm³/mol. The van der Waals surface area contributed by atoms with Crippen molar-refractivity contribution in [2.24, 2.45) is 0 Å². The summed E-state index contributed by atoms with van der Waals surface area (Å²) in [6, 6.07) is 5.01. The molecular weight excluding hydrogens is 411 g/mol. The summed E-state index contributed by atoms with van der Waals surface area (Å²) in [5, 5.41) is 16.6. The lowest BCUT2D eigenvalue weighted by Gasteiger charge is -2.16. The molecule has 0 saturated heterocycles. The zero-order chi connectivity index (χ0) is 22.6. The fraction of sp³-hybridized carbons (Fsp3) is 0.450. The van der Waals surface area contributed by atoms with Crippen LogP contribution in [0.2, 0.25) is 0 Å². The first-order chi connectivity index (χ1) is 14.7. The maximum absolute atomic E-state index is 13.3. The number of nitroso groups, excluding NO2 is 1. The molecule has 31 heavy (non-hydrogen) atoms. The highest BCUT2D eigenvalue weighted by molar-refractivity contribution is 5.94. The van der Waals surface area contributed by atoms with Crippen LogP contribution in [0.1, 0.15) is 37.8 Å². The van der Waals surface area contributed by atoms with Crippen LogP contribution in [-0.4, -0.2) is 46.1 Å². The van der Waals surface area contributed by atoms with Gasteiger partial charge >= 0.3 is 6.18 Å². The molecule has 11 heteroatoms. The van der Waals surface area contributed by atoms with E-state index in [4.69, 9.17) is 5.41 Å². The molecule has 0 aliphatic heterocycles. The van der Waals surface area contributed by atoms with Gasteiger partial charge in [0.05, 0.1) is 12.2 Å². The van der Waals surface area contributed by atoms with Crippen LogP contribution < -0.4 is 16.0 Å². The Labute approximate surface area is 177 Å². The van der Waals surface area contributed by atoms with E-state index in [0.717, 1.165) is 30.0 Å². The van der Waals surface area contributed by atoms with Gasteiger partial charge in [0.25, 0.3) is 0 Å². The summed E-state index contributed by atoms with van der Waals surface area (Å²) < 4.78 is 40.8. The zero-order valence-electron chi connectivity index (χ0n) is 17.3. The van der Waals surface area contributed by atoms with Crippen molar-refractivity contribution in [2.45, 2.75) is 44.9 Å². The second-order valence-corrected chi connectivity index (χ2v) is 7.57. The molecule has 0 atom stereocenters. The van der Waals surface area contributed by atoms with E-state index in [9.17, 15) is 18.1 Å². The van der Waals surface area contributed by atoms with Crippen LogP contribution in [0.15, 0.2) is 24.4 Å². The average Bonchev–Trinajstić information content (AvgIpc) is 3.51. The van der Waals surface area contributed by atoms with Crippen molar-refractivity contribution in [2.75, 3.05) is 29.0 Å². The minimum absolute atomic E-state index is 0.0121. The normalized spacial score (nSPS) is 13.7. The summed E-state index contributed by atoms with van der Waals surface area (Å²) in [5.41, 5.74) is 0.630. The predicted octanol–water partition coefficient (Wildman–Crippen LogP) is 4.41. The van der Waals surface area contributed by atoms with E-state index in [0.29, 0.717) is 23.5 Å². The van der Waals surface area contributed by atoms with Gasteiger partial charge in [0, 0.05) is 53.2 Å². The largest absolute Gasteiger partial charge is 0.421 e. The molecule has 1 saturated carbocycles. The Morgan fingerprint density at radius 3 is 2.61 bits per heavy atom. The second kappa shape index (κ2) is 9.27. The number of aromatic nitrogens is 2. The van der Waals surface area contributed by atoms with Crippen molar-refractivity contribution < 1.29 is 17.9 Å². The summed E-state index contributed by atoms with van der Waals surface area (Å²) in [6.07, 6.45) is -1.09. The fourth-order valence-corrected chi connectivity index (χ4v) is 2.84. The summed E-state index contributed by atoms with van der Waals surface area (Å²) >= 11 is 0. The Balaban J connectivity index is 1.80. The van der Waals surface area contributed by atoms with Gasteiger partial charge in [-0.3, -0.25) is 0 Å². The number of halogens is 3. The standard InChI is InChI=1S/C20H25F3N7O/c1-12(2)30(31)9-8-25-16-4-3-5-17(14(16)10-24)28-19-26-11-15(20(21,22)23)18(29-19)27-13-6-7-13/h3-5,10-13,24-25H,6-9H2,1-2H3,(H2,26,27,28,29)/q+1. The third kappa shape index (κ3) is 5.89. The number of benzene rings is 1. The topological polar surface area (TPSA) is 106 Å². The third-order valence-electron chi connectivity index (χ3n) is 4.73. The van der Waals surface area contributed by atoms with Crippen LogP contribution in [0.5, 0.6) is 0 Å². The minimum Gasteiger partial charge on any atom is -0.378 e. The molecule has 4 N–H and O–H groups in total. The maximum Gasteiger partial charge on any atom is 0.421 e. The maximum atomic E-state index is 13.3. The average molecular weight is 436 g/mol. The SMILES string of the molecule is CC(C)[N+](=O)CCNc1cccc(Nc2ncc(C(F)(F)F)c(NC3CC3)n2)c1C=N. The number of rotatable bonds is 10. The van der Waals surface area contributed by atoms with Crippen molar-refractivity contribution in [3.8, 4) is 0 Å². The van der Waals surface area contributed by atoms with Crippen molar-refractivity contribution in [1.29, 1.82) is 5.41 Å². The lowest BCUT2D eigenvalue weighted by atomic mass is 10.1. The molecule has 0 bridgehead atoms. The Kier molecular flexibility index (Phi) is 6.71. The van der Waals surface area contributed by atoms with Gasteiger partial charge in [-0.2, -0.15) is 18.2 Å². The van der Waals surface area contributed by atoms with Crippen LogP contribution >= 0.6 is 0 Å². The smallest absolute Gasteiger partial charge is 0.378 e. The molecule has 1 aromatic heterocycles. The van der Waals surface area contributed by atoms with E-state index in [1.807, 2.05) is 0 Å². The Morgan fingerprint density at radius 1 is 1.29 bits per heavy atom. The number of alkyl halides is 3. The summed E-state index contributed by atoms with van der Waals surface area (Å²) in [4.78, 5) is 19.6. The highest BCUT2D eigenvalue weighted by Crippen LogP contribution is 2.36. The van der Waals surface area contributed by atoms with E-state index < -0.39 is 11.7 Å². The van der Waals surface area contributed by atoms with Gasteiger partial charge in [0.15, 0.2) is 6.04 Å². The minimum atomic E-state index is -4.56. The van der Waals surface area contributed by atoms with Gasteiger partial charge in [0.2, 0.25) is 12.5 Å². The highest BCUT2D eigenvalue weighted by Gasteiger charge is 2.37. The Morgan fingerprint density at radius 2 is 2.00 bits per heavy atom. The van der Waals surface area contributed by atoms with E-state index in [1.165, 1.54) is 0 Å². The molecular formula is C20H25F3N7O+. The molecule has 1 aromatic carbocycles. The van der Waals surface area contributed by atoms with Gasteiger partial charge in [-0.05, 0) is 25.0 Å². The van der Waals surface area contributed by atoms with Gasteiger partial charge in [0.1, 0.15) is 11.4 Å². The first kappa shape index (κ1) is 22.4. The van der Waals surface area contributed by atoms with Crippen LogP contribution in [0.3, 0.4) is 0 Å². The summed E-state index contributed by atoms with van der Waals surface area (Å²) in [5.74, 6) is -0.274. The first-order valence-electron chi connectivity index (χ1n) is 9.98. The number of hydrogen-bond acceptors (Lipinski definition) is 7. The van der Waals surface area contributed by atoms with Crippen molar-refractivity contribution >= 4 is 29.4 Å². The van der Waals surface area contributed by atoms with E-state index >= 15 is 0 Å². The fourth-order valence-electron chi connectivity index (χ4n) is 2.84. The number of anilines is 4.